The predicted molar refractivity (Wildman–Crippen MR) is 94.1 cm³/mol. The van der Waals surface area contributed by atoms with Gasteiger partial charge in [0.15, 0.2) is 5.65 Å². The van der Waals surface area contributed by atoms with Crippen LogP contribution in [-0.2, 0) is 13.6 Å². The van der Waals surface area contributed by atoms with Crippen LogP contribution in [0.3, 0.4) is 0 Å². The predicted octanol–water partition coefficient (Wildman–Crippen LogP) is 1.92. The van der Waals surface area contributed by atoms with Crippen molar-refractivity contribution >= 4 is 16.9 Å². The molecule has 7 nitrogen and oxygen atoms in total. The van der Waals surface area contributed by atoms with Gasteiger partial charge in [0.05, 0.1) is 18.7 Å². The van der Waals surface area contributed by atoms with E-state index in [0.29, 0.717) is 0 Å². The molecule has 2 heterocycles. The Hall–Kier alpha value is -2.67. The Kier molecular flexibility index (Phi) is 4.90. The summed E-state index contributed by atoms with van der Waals surface area (Å²) in [5, 5.41) is 8.54. The molecular formula is C17H22N6O. The molecule has 0 unspecified atom stereocenters. The number of aromatic nitrogens is 4. The van der Waals surface area contributed by atoms with E-state index in [0.717, 1.165) is 42.2 Å². The number of likely N-dealkylation sites (N-methyl/N-ethyl adjacent to an activating group) is 1. The molecule has 3 rings (SSSR count). The highest BCUT2D eigenvalue weighted by atomic mass is 16.5. The topological polar surface area (TPSA) is 68.1 Å². The lowest BCUT2D eigenvalue weighted by molar-refractivity contribution is 0.339. The van der Waals surface area contributed by atoms with Gasteiger partial charge < -0.3 is 15.0 Å². The number of hydrogen-bond acceptors (Lipinski definition) is 6. The highest BCUT2D eigenvalue weighted by Gasteiger charge is 2.07. The van der Waals surface area contributed by atoms with Crippen LogP contribution < -0.4 is 10.1 Å². The number of methoxy groups -OCH3 is 1. The average molecular weight is 326 g/mol. The van der Waals surface area contributed by atoms with E-state index in [4.69, 9.17) is 4.74 Å². The first-order valence-corrected chi connectivity index (χ1v) is 7.85. The minimum Gasteiger partial charge on any atom is -0.497 e. The second kappa shape index (κ2) is 7.27. The van der Waals surface area contributed by atoms with Gasteiger partial charge in [0.25, 0.3) is 0 Å². The van der Waals surface area contributed by atoms with Crippen LogP contribution >= 0.6 is 0 Å². The summed E-state index contributed by atoms with van der Waals surface area (Å²) in [5.74, 6) is 1.71. The van der Waals surface area contributed by atoms with Gasteiger partial charge in [-0.05, 0) is 24.7 Å². The molecule has 24 heavy (non-hydrogen) atoms. The summed E-state index contributed by atoms with van der Waals surface area (Å²) < 4.78 is 6.93. The van der Waals surface area contributed by atoms with E-state index in [2.05, 4.69) is 44.5 Å². The van der Waals surface area contributed by atoms with E-state index >= 15 is 0 Å². The van der Waals surface area contributed by atoms with E-state index < -0.39 is 0 Å². The van der Waals surface area contributed by atoms with Gasteiger partial charge in [-0.15, -0.1) is 0 Å². The third-order valence-corrected chi connectivity index (χ3v) is 3.93. The molecule has 0 atom stereocenters. The monoisotopic (exact) mass is 326 g/mol. The van der Waals surface area contributed by atoms with Gasteiger partial charge >= 0.3 is 0 Å². The number of nitrogens with one attached hydrogen (secondary N) is 1. The molecule has 0 saturated carbocycles. The summed E-state index contributed by atoms with van der Waals surface area (Å²) in [7, 11) is 5.66. The van der Waals surface area contributed by atoms with Crippen molar-refractivity contribution in [2.45, 2.75) is 6.54 Å². The lowest BCUT2D eigenvalue weighted by atomic mass is 10.2. The number of ether oxygens (including phenoxy) is 1. The van der Waals surface area contributed by atoms with E-state index in [1.165, 1.54) is 5.56 Å². The van der Waals surface area contributed by atoms with Crippen LogP contribution in [0.15, 0.2) is 36.8 Å². The molecule has 0 fully saturated rings. The second-order valence-electron chi connectivity index (χ2n) is 5.74. The first kappa shape index (κ1) is 16.2. The Labute approximate surface area is 141 Å². The molecule has 0 saturated heterocycles. The summed E-state index contributed by atoms with van der Waals surface area (Å²) >= 11 is 0. The Bertz CT molecular complexity index is 798. The molecule has 126 valence electrons. The van der Waals surface area contributed by atoms with Crippen molar-refractivity contribution in [2.75, 3.05) is 32.6 Å². The first-order chi connectivity index (χ1) is 11.7. The first-order valence-electron chi connectivity index (χ1n) is 7.85. The van der Waals surface area contributed by atoms with Crippen LogP contribution in [0.4, 0.5) is 5.82 Å². The lowest BCUT2D eigenvalue weighted by Gasteiger charge is -2.17. The van der Waals surface area contributed by atoms with Crippen LogP contribution in [0.5, 0.6) is 5.75 Å². The zero-order chi connectivity index (χ0) is 16.9. The summed E-state index contributed by atoms with van der Waals surface area (Å²) in [6, 6.07) is 8.15. The zero-order valence-electron chi connectivity index (χ0n) is 14.2. The number of fused-ring (bicyclic) bond motifs is 1. The summed E-state index contributed by atoms with van der Waals surface area (Å²) in [6.45, 7) is 2.59. The average Bonchev–Trinajstić information content (AvgIpc) is 2.98. The van der Waals surface area contributed by atoms with Crippen molar-refractivity contribution in [2.24, 2.45) is 7.05 Å². The molecule has 0 spiro atoms. The van der Waals surface area contributed by atoms with Crippen LogP contribution in [0.25, 0.3) is 11.0 Å². The normalized spacial score (nSPS) is 11.2. The van der Waals surface area contributed by atoms with Gasteiger partial charge in [0, 0.05) is 26.7 Å². The Morgan fingerprint density at radius 2 is 2.00 bits per heavy atom. The third kappa shape index (κ3) is 3.62. The molecule has 0 amide bonds. The van der Waals surface area contributed by atoms with Crippen molar-refractivity contribution in [1.29, 1.82) is 0 Å². The molecule has 0 aliphatic carbocycles. The van der Waals surface area contributed by atoms with Gasteiger partial charge in [-0.2, -0.15) is 5.10 Å². The molecule has 0 radical (unpaired) electrons. The van der Waals surface area contributed by atoms with Crippen LogP contribution in [0, 0.1) is 0 Å². The van der Waals surface area contributed by atoms with Gasteiger partial charge in [0.2, 0.25) is 0 Å². The molecule has 2 aromatic heterocycles. The Morgan fingerprint density at radius 1 is 1.21 bits per heavy atom. The molecular weight excluding hydrogens is 304 g/mol. The van der Waals surface area contributed by atoms with Crippen molar-refractivity contribution in [3.8, 4) is 5.75 Å². The van der Waals surface area contributed by atoms with E-state index in [9.17, 15) is 0 Å². The molecule has 3 aromatic rings. The summed E-state index contributed by atoms with van der Waals surface area (Å²) in [6.07, 6.45) is 3.35. The van der Waals surface area contributed by atoms with Gasteiger partial charge in [-0.3, -0.25) is 4.68 Å². The van der Waals surface area contributed by atoms with Gasteiger partial charge in [0.1, 0.15) is 17.9 Å². The maximum Gasteiger partial charge on any atom is 0.163 e. The molecule has 0 aliphatic rings. The Balaban J connectivity index is 1.53. The van der Waals surface area contributed by atoms with Crippen LogP contribution in [0.1, 0.15) is 5.56 Å². The number of anilines is 1. The SMILES string of the molecule is COc1ccc(CN(C)CCNc2ncnc3c2cnn3C)cc1. The largest absolute Gasteiger partial charge is 0.497 e. The molecule has 0 aliphatic heterocycles. The number of rotatable bonds is 7. The molecule has 0 bridgehead atoms. The second-order valence-corrected chi connectivity index (χ2v) is 5.74. The minimum absolute atomic E-state index is 0.799. The van der Waals surface area contributed by atoms with Gasteiger partial charge in [-0.25, -0.2) is 9.97 Å². The van der Waals surface area contributed by atoms with E-state index in [1.54, 1.807) is 24.3 Å². The smallest absolute Gasteiger partial charge is 0.163 e. The number of benzene rings is 1. The van der Waals surface area contributed by atoms with E-state index in [-0.39, 0.29) is 0 Å². The molecule has 1 N–H and O–H groups in total. The lowest BCUT2D eigenvalue weighted by Crippen LogP contribution is -2.25. The van der Waals surface area contributed by atoms with Crippen molar-refractivity contribution < 1.29 is 4.74 Å². The summed E-state index contributed by atoms with van der Waals surface area (Å²) in [5.41, 5.74) is 2.09. The fourth-order valence-electron chi connectivity index (χ4n) is 2.59. The zero-order valence-corrected chi connectivity index (χ0v) is 14.2. The van der Waals surface area contributed by atoms with Crippen molar-refractivity contribution in [1.82, 2.24) is 24.6 Å². The maximum atomic E-state index is 5.18. The minimum atomic E-state index is 0.799. The number of aryl methyl sites for hydroxylation is 1. The third-order valence-electron chi connectivity index (χ3n) is 3.93. The summed E-state index contributed by atoms with van der Waals surface area (Å²) in [4.78, 5) is 10.8. The highest BCUT2D eigenvalue weighted by Crippen LogP contribution is 2.17. The molecule has 1 aromatic carbocycles. The fourth-order valence-corrected chi connectivity index (χ4v) is 2.59. The number of nitrogens with zero attached hydrogens (tertiary/aromatic N) is 5. The van der Waals surface area contributed by atoms with Gasteiger partial charge in [-0.1, -0.05) is 12.1 Å². The van der Waals surface area contributed by atoms with Crippen LogP contribution in [-0.4, -0.2) is 51.9 Å². The van der Waals surface area contributed by atoms with Crippen molar-refractivity contribution in [3.63, 3.8) is 0 Å². The maximum absolute atomic E-state index is 5.18. The number of hydrogen-bond donors (Lipinski definition) is 1. The Morgan fingerprint density at radius 3 is 2.75 bits per heavy atom. The highest BCUT2D eigenvalue weighted by molar-refractivity contribution is 5.85. The quantitative estimate of drug-likeness (QED) is 0.715. The van der Waals surface area contributed by atoms with Crippen LogP contribution in [0.2, 0.25) is 0 Å². The van der Waals surface area contributed by atoms with Crippen molar-refractivity contribution in [3.05, 3.63) is 42.4 Å². The standard InChI is InChI=1S/C17H22N6O/c1-22(11-13-4-6-14(24-3)7-5-13)9-8-18-16-15-10-21-23(2)17(15)20-12-19-16/h4-7,10,12H,8-9,11H2,1-3H3,(H,18,19,20). The van der Waals surface area contributed by atoms with E-state index in [1.807, 2.05) is 19.2 Å². The fraction of sp³-hybridized carbons (Fsp3) is 0.353. The molecule has 7 heteroatoms.